The van der Waals surface area contributed by atoms with E-state index in [9.17, 15) is 4.79 Å². The molecule has 0 radical (unpaired) electrons. The number of halogens is 2. The summed E-state index contributed by atoms with van der Waals surface area (Å²) in [6.07, 6.45) is 1.41. The summed E-state index contributed by atoms with van der Waals surface area (Å²) in [6.45, 7) is 4.19. The van der Waals surface area contributed by atoms with Crippen LogP contribution in [0.3, 0.4) is 0 Å². The van der Waals surface area contributed by atoms with Gasteiger partial charge in [-0.25, -0.2) is 0 Å². The molecule has 0 atom stereocenters. The van der Waals surface area contributed by atoms with Crippen molar-refractivity contribution in [3.05, 3.63) is 27.7 Å². The minimum atomic E-state index is 0.00806. The molecule has 1 rings (SSSR count). The molecule has 0 aliphatic rings. The van der Waals surface area contributed by atoms with Crippen molar-refractivity contribution in [2.75, 3.05) is 5.32 Å². The molecule has 0 saturated heterocycles. The highest BCUT2D eigenvalue weighted by Crippen LogP contribution is 2.25. The molecule has 0 aliphatic heterocycles. The normalized spacial score (nSPS) is 10.6. The molecule has 0 fully saturated rings. The van der Waals surface area contributed by atoms with Crippen LogP contribution in [0.15, 0.2) is 22.7 Å². The highest BCUT2D eigenvalue weighted by atomic mass is 79.9. The van der Waals surface area contributed by atoms with Gasteiger partial charge in [-0.15, -0.1) is 0 Å². The van der Waals surface area contributed by atoms with E-state index in [1.54, 1.807) is 12.1 Å². The highest BCUT2D eigenvalue weighted by molar-refractivity contribution is 9.10. The van der Waals surface area contributed by atoms with Gasteiger partial charge in [-0.1, -0.05) is 41.4 Å². The number of hydrogen-bond donors (Lipinski definition) is 1. The molecule has 2 nitrogen and oxygen atoms in total. The Morgan fingerprint density at radius 2 is 2.19 bits per heavy atom. The number of carbonyl (C=O) groups is 1. The van der Waals surface area contributed by atoms with Gasteiger partial charge in [0.2, 0.25) is 5.91 Å². The summed E-state index contributed by atoms with van der Waals surface area (Å²) in [5, 5.41) is 3.36. The van der Waals surface area contributed by atoms with Crippen molar-refractivity contribution in [1.29, 1.82) is 0 Å². The van der Waals surface area contributed by atoms with Crippen LogP contribution in [-0.2, 0) is 4.79 Å². The lowest BCUT2D eigenvalue weighted by Crippen LogP contribution is -2.12. The maximum absolute atomic E-state index is 11.6. The van der Waals surface area contributed by atoms with E-state index in [-0.39, 0.29) is 5.91 Å². The maximum Gasteiger partial charge on any atom is 0.224 e. The van der Waals surface area contributed by atoms with E-state index in [4.69, 9.17) is 11.6 Å². The lowest BCUT2D eigenvalue weighted by molar-refractivity contribution is -0.116. The van der Waals surface area contributed by atoms with Gasteiger partial charge in [0.1, 0.15) is 0 Å². The average molecular weight is 305 g/mol. The lowest BCUT2D eigenvalue weighted by Gasteiger charge is -2.08. The first-order valence-electron chi connectivity index (χ1n) is 5.24. The third-order valence-corrected chi connectivity index (χ3v) is 2.97. The van der Waals surface area contributed by atoms with Crippen molar-refractivity contribution in [3.63, 3.8) is 0 Å². The molecule has 16 heavy (non-hydrogen) atoms. The fourth-order valence-electron chi connectivity index (χ4n) is 1.23. The van der Waals surface area contributed by atoms with E-state index in [1.807, 2.05) is 6.07 Å². The second kappa shape index (κ2) is 6.26. The largest absolute Gasteiger partial charge is 0.325 e. The molecule has 4 heteroatoms. The zero-order chi connectivity index (χ0) is 12.1. The molecule has 0 spiro atoms. The monoisotopic (exact) mass is 303 g/mol. The minimum absolute atomic E-state index is 0.00806. The van der Waals surface area contributed by atoms with Crippen LogP contribution in [-0.4, -0.2) is 5.91 Å². The van der Waals surface area contributed by atoms with E-state index in [0.717, 1.165) is 10.9 Å². The van der Waals surface area contributed by atoms with Crippen molar-refractivity contribution in [1.82, 2.24) is 0 Å². The molecule has 1 aromatic carbocycles. The van der Waals surface area contributed by atoms with Crippen molar-refractivity contribution in [2.45, 2.75) is 26.7 Å². The summed E-state index contributed by atoms with van der Waals surface area (Å²) in [4.78, 5) is 11.6. The lowest BCUT2D eigenvalue weighted by atomic mass is 10.1. The molecule has 0 saturated carbocycles. The van der Waals surface area contributed by atoms with Gasteiger partial charge in [-0.3, -0.25) is 4.79 Å². The van der Waals surface area contributed by atoms with Crippen molar-refractivity contribution < 1.29 is 4.79 Å². The van der Waals surface area contributed by atoms with E-state index in [0.29, 0.717) is 23.0 Å². The van der Waals surface area contributed by atoms with Gasteiger partial charge < -0.3 is 5.32 Å². The van der Waals surface area contributed by atoms with E-state index < -0.39 is 0 Å². The first-order chi connectivity index (χ1) is 7.49. The van der Waals surface area contributed by atoms with Crippen LogP contribution >= 0.6 is 27.5 Å². The summed E-state index contributed by atoms with van der Waals surface area (Å²) in [5.41, 5.74) is 0.657. The van der Waals surface area contributed by atoms with Gasteiger partial charge in [0.15, 0.2) is 0 Å². The molecular formula is C12H15BrClNO. The van der Waals surface area contributed by atoms with Crippen molar-refractivity contribution in [3.8, 4) is 0 Å². The third-order valence-electron chi connectivity index (χ3n) is 2.15. The van der Waals surface area contributed by atoms with Crippen LogP contribution < -0.4 is 5.32 Å². The number of benzene rings is 1. The smallest absolute Gasteiger partial charge is 0.224 e. The Hall–Kier alpha value is -0.540. The summed E-state index contributed by atoms with van der Waals surface area (Å²) >= 11 is 9.31. The highest BCUT2D eigenvalue weighted by Gasteiger charge is 2.07. The summed E-state index contributed by atoms with van der Waals surface area (Å²) in [6, 6.07) is 5.39. The SMILES string of the molecule is CC(C)CCC(=O)Nc1cc(Br)ccc1Cl. The standard InChI is InChI=1S/C12H15BrClNO/c1-8(2)3-6-12(16)15-11-7-9(13)4-5-10(11)14/h4-5,7-8H,3,6H2,1-2H3,(H,15,16). The first kappa shape index (κ1) is 13.5. The Labute approximate surface area is 110 Å². The quantitative estimate of drug-likeness (QED) is 0.873. The fraction of sp³-hybridized carbons (Fsp3) is 0.417. The topological polar surface area (TPSA) is 29.1 Å². The predicted molar refractivity (Wildman–Crippen MR) is 71.9 cm³/mol. The molecule has 1 amide bonds. The van der Waals surface area contributed by atoms with E-state index in [2.05, 4.69) is 35.1 Å². The van der Waals surface area contributed by atoms with Crippen LogP contribution in [0.4, 0.5) is 5.69 Å². The van der Waals surface area contributed by atoms with Crippen LogP contribution in [0.5, 0.6) is 0 Å². The predicted octanol–water partition coefficient (Wildman–Crippen LogP) is 4.48. The Morgan fingerprint density at radius 3 is 2.81 bits per heavy atom. The number of rotatable bonds is 4. The molecule has 0 bridgehead atoms. The maximum atomic E-state index is 11.6. The Balaban J connectivity index is 2.59. The third kappa shape index (κ3) is 4.54. The summed E-state index contributed by atoms with van der Waals surface area (Å²) < 4.78 is 0.899. The van der Waals surface area contributed by atoms with E-state index >= 15 is 0 Å². The second-order valence-corrected chi connectivity index (χ2v) is 5.43. The molecule has 0 heterocycles. The average Bonchev–Trinajstić information content (AvgIpc) is 2.20. The molecular weight excluding hydrogens is 289 g/mol. The Morgan fingerprint density at radius 1 is 1.50 bits per heavy atom. The van der Waals surface area contributed by atoms with Gasteiger partial charge in [0, 0.05) is 10.9 Å². The Bertz CT molecular complexity index is 379. The van der Waals surface area contributed by atoms with Gasteiger partial charge in [0.05, 0.1) is 10.7 Å². The van der Waals surface area contributed by atoms with Gasteiger partial charge >= 0.3 is 0 Å². The zero-order valence-corrected chi connectivity index (χ0v) is 11.7. The molecule has 0 unspecified atom stereocenters. The number of carbonyl (C=O) groups excluding carboxylic acids is 1. The minimum Gasteiger partial charge on any atom is -0.325 e. The van der Waals surface area contributed by atoms with Crippen LogP contribution in [0.25, 0.3) is 0 Å². The summed E-state index contributed by atoms with van der Waals surface area (Å²) in [5.74, 6) is 0.539. The van der Waals surface area contributed by atoms with Gasteiger partial charge in [-0.05, 0) is 30.5 Å². The molecule has 1 N–H and O–H groups in total. The summed E-state index contributed by atoms with van der Waals surface area (Å²) in [7, 11) is 0. The fourth-order valence-corrected chi connectivity index (χ4v) is 1.75. The number of hydrogen-bond acceptors (Lipinski definition) is 1. The van der Waals surface area contributed by atoms with Crippen LogP contribution in [0.1, 0.15) is 26.7 Å². The first-order valence-corrected chi connectivity index (χ1v) is 6.41. The van der Waals surface area contributed by atoms with Gasteiger partial charge in [0.25, 0.3) is 0 Å². The molecule has 0 aromatic heterocycles. The van der Waals surface area contributed by atoms with Crippen LogP contribution in [0.2, 0.25) is 5.02 Å². The zero-order valence-electron chi connectivity index (χ0n) is 9.39. The molecule has 88 valence electrons. The van der Waals surface area contributed by atoms with Crippen molar-refractivity contribution >= 4 is 39.1 Å². The van der Waals surface area contributed by atoms with Crippen molar-refractivity contribution in [2.24, 2.45) is 5.92 Å². The van der Waals surface area contributed by atoms with Gasteiger partial charge in [-0.2, -0.15) is 0 Å². The molecule has 1 aromatic rings. The van der Waals surface area contributed by atoms with E-state index in [1.165, 1.54) is 0 Å². The molecule has 0 aliphatic carbocycles. The number of amides is 1. The number of anilines is 1. The van der Waals surface area contributed by atoms with Crippen LogP contribution in [0, 0.1) is 5.92 Å². The second-order valence-electron chi connectivity index (χ2n) is 4.10. The Kier molecular flexibility index (Phi) is 5.29. The number of nitrogens with one attached hydrogen (secondary N) is 1.